The maximum Gasteiger partial charge on any atom is 0.244 e. The zero-order valence-electron chi connectivity index (χ0n) is 14.1. The van der Waals surface area contributed by atoms with Crippen molar-refractivity contribution in [2.45, 2.75) is 32.9 Å². The topological polar surface area (TPSA) is 66.0 Å². The Morgan fingerprint density at radius 2 is 2.39 bits per heavy atom. The number of nitrogens with zero attached hydrogens (tertiary/aromatic N) is 2. The van der Waals surface area contributed by atoms with Crippen molar-refractivity contribution in [3.8, 4) is 0 Å². The van der Waals surface area contributed by atoms with E-state index in [1.807, 2.05) is 18.7 Å². The number of nitrogens with one attached hydrogen (secondary N) is 2. The van der Waals surface area contributed by atoms with Gasteiger partial charge in [-0.05, 0) is 37.3 Å². The van der Waals surface area contributed by atoms with Gasteiger partial charge in [-0.1, -0.05) is 0 Å². The molecule has 0 fully saturated rings. The molecular weight excluding hydrogens is 312 g/mol. The van der Waals surface area contributed by atoms with Crippen LogP contribution in [0, 0.1) is 0 Å². The Kier molecular flexibility index (Phi) is 6.85. The minimum atomic E-state index is 0.0680. The fourth-order valence-electron chi connectivity index (χ4n) is 2.55. The van der Waals surface area contributed by atoms with Crippen LogP contribution in [0.1, 0.15) is 24.3 Å². The molecule has 0 saturated carbocycles. The van der Waals surface area contributed by atoms with Crippen molar-refractivity contribution >= 4 is 23.2 Å². The number of rotatable bonds is 6. The lowest BCUT2D eigenvalue weighted by Crippen LogP contribution is -2.45. The minimum absolute atomic E-state index is 0.0680. The summed E-state index contributed by atoms with van der Waals surface area (Å²) in [6.45, 7) is 7.01. The number of hydrogen-bond acceptors (Lipinski definition) is 4. The summed E-state index contributed by atoms with van der Waals surface area (Å²) in [5.41, 5.74) is 1.28. The summed E-state index contributed by atoms with van der Waals surface area (Å²) >= 11 is 1.78. The Morgan fingerprint density at radius 3 is 3.13 bits per heavy atom. The van der Waals surface area contributed by atoms with Crippen LogP contribution in [0.25, 0.3) is 0 Å². The summed E-state index contributed by atoms with van der Waals surface area (Å²) in [4.78, 5) is 20.1. The highest BCUT2D eigenvalue weighted by Gasteiger charge is 2.21. The largest absolute Gasteiger partial charge is 0.383 e. The van der Waals surface area contributed by atoms with Gasteiger partial charge in [0, 0.05) is 37.7 Å². The zero-order chi connectivity index (χ0) is 16.7. The Hall–Kier alpha value is -1.60. The number of ether oxygens (including phenoxy) is 1. The molecule has 2 N–H and O–H groups in total. The SMILES string of the molecule is CCNC(=NCC(=O)N1CCc2sccc2C1)NC(C)COC. The Balaban J connectivity index is 1.89. The van der Waals surface area contributed by atoms with Gasteiger partial charge in [-0.15, -0.1) is 11.3 Å². The molecule has 0 radical (unpaired) electrons. The lowest BCUT2D eigenvalue weighted by molar-refractivity contribution is -0.130. The van der Waals surface area contributed by atoms with Gasteiger partial charge < -0.3 is 20.3 Å². The molecule has 0 spiro atoms. The molecule has 7 heteroatoms. The molecule has 23 heavy (non-hydrogen) atoms. The molecule has 1 atom stereocenters. The molecule has 128 valence electrons. The molecular formula is C16H26N4O2S. The van der Waals surface area contributed by atoms with E-state index in [-0.39, 0.29) is 18.5 Å². The summed E-state index contributed by atoms with van der Waals surface area (Å²) in [5.74, 6) is 0.720. The molecule has 0 aliphatic carbocycles. The maximum absolute atomic E-state index is 12.4. The smallest absolute Gasteiger partial charge is 0.244 e. The van der Waals surface area contributed by atoms with Gasteiger partial charge in [0.15, 0.2) is 5.96 Å². The van der Waals surface area contributed by atoms with Gasteiger partial charge in [0.05, 0.1) is 6.61 Å². The van der Waals surface area contributed by atoms with Crippen molar-refractivity contribution in [2.75, 3.05) is 33.4 Å². The molecule has 1 aliphatic rings. The number of amides is 1. The van der Waals surface area contributed by atoms with Gasteiger partial charge in [-0.3, -0.25) is 4.79 Å². The average molecular weight is 338 g/mol. The van der Waals surface area contributed by atoms with Gasteiger partial charge in [0.1, 0.15) is 6.54 Å². The van der Waals surface area contributed by atoms with Crippen LogP contribution >= 0.6 is 11.3 Å². The van der Waals surface area contributed by atoms with E-state index >= 15 is 0 Å². The average Bonchev–Trinajstić information content (AvgIpc) is 3.00. The van der Waals surface area contributed by atoms with Crippen LogP contribution in [-0.2, 0) is 22.5 Å². The number of hydrogen-bond donors (Lipinski definition) is 2. The molecule has 0 aromatic carbocycles. The van der Waals surface area contributed by atoms with Crippen molar-refractivity contribution in [2.24, 2.45) is 4.99 Å². The highest BCUT2D eigenvalue weighted by atomic mass is 32.1. The van der Waals surface area contributed by atoms with E-state index in [2.05, 4.69) is 27.1 Å². The van der Waals surface area contributed by atoms with Crippen LogP contribution in [0.5, 0.6) is 0 Å². The molecule has 2 heterocycles. The van der Waals surface area contributed by atoms with Gasteiger partial charge in [0.25, 0.3) is 0 Å². The van der Waals surface area contributed by atoms with Gasteiger partial charge in [-0.2, -0.15) is 0 Å². The Morgan fingerprint density at radius 1 is 1.57 bits per heavy atom. The third-order valence-electron chi connectivity index (χ3n) is 3.68. The lowest BCUT2D eigenvalue weighted by atomic mass is 10.1. The van der Waals surface area contributed by atoms with Crippen LogP contribution in [0.3, 0.4) is 0 Å². The number of guanidine groups is 1. The van der Waals surface area contributed by atoms with Crippen LogP contribution in [0.4, 0.5) is 0 Å². The second-order valence-electron chi connectivity index (χ2n) is 5.63. The summed E-state index contributed by atoms with van der Waals surface area (Å²) < 4.78 is 5.11. The van der Waals surface area contributed by atoms with Crippen molar-refractivity contribution in [3.63, 3.8) is 0 Å². The molecule has 1 amide bonds. The van der Waals surface area contributed by atoms with Crippen LogP contribution < -0.4 is 10.6 Å². The lowest BCUT2D eigenvalue weighted by Gasteiger charge is -2.26. The highest BCUT2D eigenvalue weighted by Crippen LogP contribution is 2.23. The van der Waals surface area contributed by atoms with Crippen LogP contribution in [-0.4, -0.2) is 56.2 Å². The normalized spacial score (nSPS) is 16.0. The van der Waals surface area contributed by atoms with Crippen LogP contribution in [0.15, 0.2) is 16.4 Å². The number of fused-ring (bicyclic) bond motifs is 1. The predicted octanol–water partition coefficient (Wildman–Crippen LogP) is 1.22. The number of methoxy groups -OCH3 is 1. The van der Waals surface area contributed by atoms with E-state index in [0.717, 1.165) is 19.5 Å². The van der Waals surface area contributed by atoms with E-state index in [1.165, 1.54) is 10.4 Å². The van der Waals surface area contributed by atoms with Gasteiger partial charge >= 0.3 is 0 Å². The molecule has 0 saturated heterocycles. The van der Waals surface area contributed by atoms with E-state index in [0.29, 0.717) is 19.1 Å². The van der Waals surface area contributed by atoms with Crippen molar-refractivity contribution < 1.29 is 9.53 Å². The molecule has 1 unspecified atom stereocenters. The molecule has 6 nitrogen and oxygen atoms in total. The molecule has 1 aliphatic heterocycles. The summed E-state index contributed by atoms with van der Waals surface area (Å²) in [5, 5.41) is 8.49. The second-order valence-corrected chi connectivity index (χ2v) is 6.63. The first-order valence-electron chi connectivity index (χ1n) is 8.00. The minimum Gasteiger partial charge on any atom is -0.383 e. The number of carbonyl (C=O) groups excluding carboxylic acids is 1. The van der Waals surface area contributed by atoms with Gasteiger partial charge in [0.2, 0.25) is 5.91 Å². The molecule has 0 bridgehead atoms. The third kappa shape index (κ3) is 5.21. The predicted molar refractivity (Wildman–Crippen MR) is 93.9 cm³/mol. The first kappa shape index (κ1) is 17.7. The van der Waals surface area contributed by atoms with Gasteiger partial charge in [-0.25, -0.2) is 4.99 Å². The summed E-state index contributed by atoms with van der Waals surface area (Å²) in [7, 11) is 1.67. The third-order valence-corrected chi connectivity index (χ3v) is 4.70. The molecule has 1 aromatic rings. The maximum atomic E-state index is 12.4. The Bertz CT molecular complexity index is 544. The monoisotopic (exact) mass is 338 g/mol. The fourth-order valence-corrected chi connectivity index (χ4v) is 3.44. The quantitative estimate of drug-likeness (QED) is 0.605. The van der Waals surface area contributed by atoms with Crippen molar-refractivity contribution in [1.82, 2.24) is 15.5 Å². The first-order chi connectivity index (χ1) is 11.1. The van der Waals surface area contributed by atoms with E-state index < -0.39 is 0 Å². The Labute approximate surface area is 141 Å². The second kappa shape index (κ2) is 8.88. The summed E-state index contributed by atoms with van der Waals surface area (Å²) in [6, 6.07) is 2.25. The van der Waals surface area contributed by atoms with E-state index in [4.69, 9.17) is 4.74 Å². The number of carbonyl (C=O) groups is 1. The van der Waals surface area contributed by atoms with Crippen molar-refractivity contribution in [3.05, 3.63) is 21.9 Å². The first-order valence-corrected chi connectivity index (χ1v) is 8.88. The van der Waals surface area contributed by atoms with E-state index in [1.54, 1.807) is 18.4 Å². The summed E-state index contributed by atoms with van der Waals surface area (Å²) in [6.07, 6.45) is 0.950. The van der Waals surface area contributed by atoms with Crippen LogP contribution in [0.2, 0.25) is 0 Å². The van der Waals surface area contributed by atoms with E-state index in [9.17, 15) is 4.79 Å². The number of aliphatic imine (C=N–C) groups is 1. The zero-order valence-corrected chi connectivity index (χ0v) is 14.9. The standard InChI is InChI=1S/C16H26N4O2S/c1-4-17-16(19-12(2)11-22-3)18-9-15(21)20-7-5-14-13(10-20)6-8-23-14/h6,8,12H,4-5,7,9-11H2,1-3H3,(H2,17,18,19). The fraction of sp³-hybridized carbons (Fsp3) is 0.625. The molecule has 1 aromatic heterocycles. The van der Waals surface area contributed by atoms with Crippen molar-refractivity contribution in [1.29, 1.82) is 0 Å². The molecule has 2 rings (SSSR count). The highest BCUT2D eigenvalue weighted by molar-refractivity contribution is 7.10. The number of thiophene rings is 1.